The molecule has 0 aliphatic carbocycles. The van der Waals surface area contributed by atoms with Gasteiger partial charge in [-0.3, -0.25) is 4.79 Å². The molecule has 1 N–H and O–H groups in total. The lowest BCUT2D eigenvalue weighted by Gasteiger charge is -2.20. The number of hydrogen-bond donors (Lipinski definition) is 1. The Morgan fingerprint density at radius 1 is 1.27 bits per heavy atom. The molecule has 118 valence electrons. The largest absolute Gasteiger partial charge is 0.461 e. The molecule has 0 unspecified atom stereocenters. The Labute approximate surface area is 130 Å². The number of carbonyl (C=O) groups excluding carboxylic acids is 2. The number of carbonyl (C=O) groups is 2. The molecule has 0 bridgehead atoms. The molecule has 0 saturated heterocycles. The van der Waals surface area contributed by atoms with E-state index in [2.05, 4.69) is 5.32 Å². The number of ether oxygens (including phenoxy) is 2. The quantitative estimate of drug-likeness (QED) is 0.844. The van der Waals surface area contributed by atoms with E-state index in [0.717, 1.165) is 5.56 Å². The second-order valence-corrected chi connectivity index (χ2v) is 5.68. The third-order valence-electron chi connectivity index (χ3n) is 2.46. The maximum absolute atomic E-state index is 11.7. The fourth-order valence-electron chi connectivity index (χ4n) is 1.54. The summed E-state index contributed by atoms with van der Waals surface area (Å²) in [6.45, 7) is 5.26. The van der Waals surface area contributed by atoms with E-state index >= 15 is 0 Å². The molecule has 0 spiro atoms. The van der Waals surface area contributed by atoms with Crippen LogP contribution in [-0.4, -0.2) is 23.7 Å². The van der Waals surface area contributed by atoms with E-state index in [4.69, 9.17) is 14.7 Å². The van der Waals surface area contributed by atoms with Gasteiger partial charge in [0.1, 0.15) is 18.2 Å². The maximum Gasteiger partial charge on any atom is 0.408 e. The van der Waals surface area contributed by atoms with Gasteiger partial charge in [0.2, 0.25) is 0 Å². The Bertz CT molecular complexity index is 544. The van der Waals surface area contributed by atoms with Crippen molar-refractivity contribution in [1.29, 1.82) is 5.26 Å². The van der Waals surface area contributed by atoms with Crippen molar-refractivity contribution in [2.75, 3.05) is 0 Å². The zero-order valence-corrected chi connectivity index (χ0v) is 13.0. The van der Waals surface area contributed by atoms with Crippen LogP contribution in [0.5, 0.6) is 0 Å². The molecule has 0 fully saturated rings. The molecule has 1 atom stereocenters. The van der Waals surface area contributed by atoms with Gasteiger partial charge in [0.25, 0.3) is 0 Å². The number of amides is 1. The molecule has 0 heterocycles. The highest BCUT2D eigenvalue weighted by Gasteiger charge is 2.21. The van der Waals surface area contributed by atoms with E-state index in [0.29, 0.717) is 0 Å². The van der Waals surface area contributed by atoms with Crippen molar-refractivity contribution in [3.8, 4) is 6.07 Å². The molecule has 1 rings (SSSR count). The summed E-state index contributed by atoms with van der Waals surface area (Å²) in [6, 6.07) is 10.0. The topological polar surface area (TPSA) is 88.4 Å². The number of alkyl carbamates (subject to hydrolysis) is 1. The smallest absolute Gasteiger partial charge is 0.408 e. The third-order valence-corrected chi connectivity index (χ3v) is 2.46. The van der Waals surface area contributed by atoms with Gasteiger partial charge in [-0.25, -0.2) is 4.79 Å². The van der Waals surface area contributed by atoms with Crippen molar-refractivity contribution in [3.05, 3.63) is 35.9 Å². The van der Waals surface area contributed by atoms with Gasteiger partial charge in [0.05, 0.1) is 12.5 Å². The highest BCUT2D eigenvalue weighted by Crippen LogP contribution is 2.07. The molecule has 0 aliphatic rings. The van der Waals surface area contributed by atoms with E-state index in [-0.39, 0.29) is 13.0 Å². The lowest BCUT2D eigenvalue weighted by Crippen LogP contribution is -2.39. The predicted octanol–water partition coefficient (Wildman–Crippen LogP) is 2.54. The summed E-state index contributed by atoms with van der Waals surface area (Å²) in [6.07, 6.45) is -0.974. The first-order valence-electron chi connectivity index (χ1n) is 6.89. The molecule has 1 amide bonds. The number of nitrogens with one attached hydrogen (secondary N) is 1. The third kappa shape index (κ3) is 7.29. The molecular formula is C16H20N2O4. The Morgan fingerprint density at radius 3 is 2.45 bits per heavy atom. The molecule has 6 heteroatoms. The van der Waals surface area contributed by atoms with Crippen molar-refractivity contribution in [3.63, 3.8) is 0 Å². The van der Waals surface area contributed by atoms with Crippen molar-refractivity contribution in [1.82, 2.24) is 5.32 Å². The average Bonchev–Trinajstić information content (AvgIpc) is 2.43. The number of esters is 1. The van der Waals surface area contributed by atoms with E-state index in [1.165, 1.54) is 0 Å². The highest BCUT2D eigenvalue weighted by molar-refractivity contribution is 5.73. The van der Waals surface area contributed by atoms with Crippen LogP contribution in [0.2, 0.25) is 0 Å². The first-order valence-corrected chi connectivity index (χ1v) is 6.89. The van der Waals surface area contributed by atoms with Gasteiger partial charge in [-0.1, -0.05) is 30.3 Å². The highest BCUT2D eigenvalue weighted by atomic mass is 16.6. The van der Waals surface area contributed by atoms with E-state index in [1.807, 2.05) is 36.4 Å². The molecule has 6 nitrogen and oxygen atoms in total. The maximum atomic E-state index is 11.7. The number of benzene rings is 1. The summed E-state index contributed by atoms with van der Waals surface area (Å²) in [7, 11) is 0. The van der Waals surface area contributed by atoms with Gasteiger partial charge in [-0.05, 0) is 26.3 Å². The number of nitriles is 1. The lowest BCUT2D eigenvalue weighted by atomic mass is 10.2. The van der Waals surface area contributed by atoms with Crippen molar-refractivity contribution in [2.24, 2.45) is 0 Å². The van der Waals surface area contributed by atoms with E-state index in [1.54, 1.807) is 20.8 Å². The standard InChI is InChI=1S/C16H20N2O4/c1-16(2,3)22-15(20)18-13(10-17)9-14(19)21-11-12-7-5-4-6-8-12/h4-8,13H,9,11H2,1-3H3,(H,18,20)/t13-/m1/s1. The van der Waals surface area contributed by atoms with Crippen LogP contribution < -0.4 is 5.32 Å². The average molecular weight is 304 g/mol. The number of nitrogens with zero attached hydrogens (tertiary/aromatic N) is 1. The molecule has 0 saturated carbocycles. The summed E-state index contributed by atoms with van der Waals surface area (Å²) in [4.78, 5) is 23.2. The summed E-state index contributed by atoms with van der Waals surface area (Å²) < 4.78 is 10.1. The van der Waals surface area contributed by atoms with Crippen molar-refractivity contribution < 1.29 is 19.1 Å². The Hall–Kier alpha value is -2.55. The summed E-state index contributed by atoms with van der Waals surface area (Å²) in [5.74, 6) is -0.563. The molecule has 0 radical (unpaired) electrons. The molecule has 0 aromatic heterocycles. The number of rotatable bonds is 5. The van der Waals surface area contributed by atoms with Crippen LogP contribution in [-0.2, 0) is 20.9 Å². The lowest BCUT2D eigenvalue weighted by molar-refractivity contribution is -0.145. The minimum absolute atomic E-state index is 0.129. The van der Waals surface area contributed by atoms with Gasteiger partial charge < -0.3 is 14.8 Å². The van der Waals surface area contributed by atoms with Gasteiger partial charge in [0, 0.05) is 0 Å². The van der Waals surface area contributed by atoms with Crippen LogP contribution in [0, 0.1) is 11.3 Å². The fourth-order valence-corrected chi connectivity index (χ4v) is 1.54. The molecule has 1 aromatic rings. The van der Waals surface area contributed by atoms with Crippen LogP contribution in [0.1, 0.15) is 32.8 Å². The zero-order chi connectivity index (χ0) is 16.6. The molecular weight excluding hydrogens is 284 g/mol. The first-order chi connectivity index (χ1) is 10.3. The summed E-state index contributed by atoms with van der Waals surface area (Å²) in [5, 5.41) is 11.3. The van der Waals surface area contributed by atoms with Crippen LogP contribution in [0.25, 0.3) is 0 Å². The second-order valence-electron chi connectivity index (χ2n) is 5.68. The summed E-state index contributed by atoms with van der Waals surface area (Å²) in [5.41, 5.74) is 0.183. The van der Waals surface area contributed by atoms with E-state index < -0.39 is 23.7 Å². The SMILES string of the molecule is CC(C)(C)OC(=O)N[C@@H](C#N)CC(=O)OCc1ccccc1. The zero-order valence-electron chi connectivity index (χ0n) is 13.0. The monoisotopic (exact) mass is 304 g/mol. The summed E-state index contributed by atoms with van der Waals surface area (Å²) >= 11 is 0. The van der Waals surface area contributed by atoms with Gasteiger partial charge in [0.15, 0.2) is 0 Å². The van der Waals surface area contributed by atoms with Crippen LogP contribution >= 0.6 is 0 Å². The predicted molar refractivity (Wildman–Crippen MR) is 79.6 cm³/mol. The van der Waals surface area contributed by atoms with Crippen molar-refractivity contribution in [2.45, 2.75) is 45.4 Å². The Balaban J connectivity index is 2.40. The second kappa shape index (κ2) is 8.03. The van der Waals surface area contributed by atoms with Crippen molar-refractivity contribution >= 4 is 12.1 Å². The van der Waals surface area contributed by atoms with Crippen LogP contribution in [0.4, 0.5) is 4.79 Å². The normalized spacial score (nSPS) is 11.9. The molecule has 0 aliphatic heterocycles. The molecule has 1 aromatic carbocycles. The van der Waals surface area contributed by atoms with Gasteiger partial charge >= 0.3 is 12.1 Å². The van der Waals surface area contributed by atoms with Gasteiger partial charge in [-0.15, -0.1) is 0 Å². The fraction of sp³-hybridized carbons (Fsp3) is 0.438. The minimum atomic E-state index is -0.988. The van der Waals surface area contributed by atoms with Crippen LogP contribution in [0.3, 0.4) is 0 Å². The minimum Gasteiger partial charge on any atom is -0.461 e. The van der Waals surface area contributed by atoms with Crippen LogP contribution in [0.15, 0.2) is 30.3 Å². The van der Waals surface area contributed by atoms with Gasteiger partial charge in [-0.2, -0.15) is 5.26 Å². The van der Waals surface area contributed by atoms with E-state index in [9.17, 15) is 9.59 Å². The molecule has 22 heavy (non-hydrogen) atoms. The first kappa shape index (κ1) is 17.5. The Morgan fingerprint density at radius 2 is 1.91 bits per heavy atom. The Kier molecular flexibility index (Phi) is 6.39. The number of hydrogen-bond acceptors (Lipinski definition) is 5.